The van der Waals surface area contributed by atoms with Crippen LogP contribution >= 0.6 is 15.9 Å². The first-order chi connectivity index (χ1) is 6.13. The number of hydrogen-bond donors (Lipinski definition) is 1. The number of hydrogen-bond acceptors (Lipinski definition) is 5. The Hall–Kier alpha value is -1.30. The Morgan fingerprint density at radius 1 is 1.62 bits per heavy atom. The predicted molar refractivity (Wildman–Crippen MR) is 49.4 cm³/mol. The number of pyridine rings is 1. The molecule has 0 unspecified atom stereocenters. The number of methoxy groups -OCH3 is 1. The number of aromatic nitrogens is 1. The second-order valence-corrected chi connectivity index (χ2v) is 2.93. The van der Waals surface area contributed by atoms with Gasteiger partial charge >= 0.3 is 6.16 Å². The number of nitrogens with zero attached hydrogens (tertiary/aromatic N) is 1. The number of nitrogen functional groups attached to an aromatic ring is 1. The maximum Gasteiger partial charge on any atom is 0.514 e. The molecule has 0 aliphatic heterocycles. The van der Waals surface area contributed by atoms with Gasteiger partial charge in [-0.25, -0.2) is 4.79 Å². The molecule has 0 aromatic carbocycles. The van der Waals surface area contributed by atoms with Crippen molar-refractivity contribution in [1.82, 2.24) is 4.98 Å². The number of ether oxygens (including phenoxy) is 2. The number of nitrogens with two attached hydrogens (primary N) is 1. The molecule has 0 amide bonds. The second-order valence-electron chi connectivity index (χ2n) is 2.08. The lowest BCUT2D eigenvalue weighted by Crippen LogP contribution is -2.09. The summed E-state index contributed by atoms with van der Waals surface area (Å²) < 4.78 is 9.50. The molecule has 0 saturated heterocycles. The summed E-state index contributed by atoms with van der Waals surface area (Å²) in [6, 6.07) is 3.20. The van der Waals surface area contributed by atoms with Crippen LogP contribution in [0.2, 0.25) is 0 Å². The SMILES string of the molecule is COC(=O)Oc1nc(N)ccc1Br. The monoisotopic (exact) mass is 246 g/mol. The van der Waals surface area contributed by atoms with Gasteiger partial charge in [-0.3, -0.25) is 0 Å². The van der Waals surface area contributed by atoms with E-state index in [1.807, 2.05) is 0 Å². The summed E-state index contributed by atoms with van der Waals surface area (Å²) >= 11 is 3.14. The Kier molecular flexibility index (Phi) is 3.07. The van der Waals surface area contributed by atoms with Gasteiger partial charge in [-0.1, -0.05) is 0 Å². The minimum atomic E-state index is -0.834. The van der Waals surface area contributed by atoms with Gasteiger partial charge in [0.1, 0.15) is 5.82 Å². The van der Waals surface area contributed by atoms with E-state index in [1.54, 1.807) is 12.1 Å². The summed E-state index contributed by atoms with van der Waals surface area (Å²) in [6.07, 6.45) is -0.834. The van der Waals surface area contributed by atoms with Crippen LogP contribution in [0, 0.1) is 0 Å². The smallest absolute Gasteiger partial charge is 0.437 e. The van der Waals surface area contributed by atoms with Crippen molar-refractivity contribution < 1.29 is 14.3 Å². The lowest BCUT2D eigenvalue weighted by Gasteiger charge is -2.03. The average Bonchev–Trinajstić information content (AvgIpc) is 2.11. The van der Waals surface area contributed by atoms with Crippen molar-refractivity contribution >= 4 is 27.9 Å². The van der Waals surface area contributed by atoms with Crippen LogP contribution in [0.15, 0.2) is 16.6 Å². The molecule has 70 valence electrons. The first-order valence-corrected chi connectivity index (χ1v) is 4.10. The Morgan fingerprint density at radius 3 is 2.92 bits per heavy atom. The molecule has 0 saturated carbocycles. The Morgan fingerprint density at radius 2 is 2.31 bits per heavy atom. The van der Waals surface area contributed by atoms with Crippen molar-refractivity contribution in [1.29, 1.82) is 0 Å². The molecule has 1 aromatic heterocycles. The third-order valence-electron chi connectivity index (χ3n) is 1.18. The Balaban J connectivity index is 2.87. The van der Waals surface area contributed by atoms with E-state index in [4.69, 9.17) is 5.73 Å². The average molecular weight is 247 g/mol. The Bertz CT molecular complexity index is 330. The summed E-state index contributed by atoms with van der Waals surface area (Å²) in [5, 5.41) is 0. The van der Waals surface area contributed by atoms with Gasteiger partial charge < -0.3 is 15.2 Å². The van der Waals surface area contributed by atoms with E-state index in [2.05, 4.69) is 30.4 Å². The first-order valence-electron chi connectivity index (χ1n) is 3.31. The molecule has 0 aliphatic carbocycles. The number of carbonyl (C=O) groups is 1. The summed E-state index contributed by atoms with van der Waals surface area (Å²) in [4.78, 5) is 14.5. The largest absolute Gasteiger partial charge is 0.514 e. The standard InChI is InChI=1S/C7H7BrN2O3/c1-12-7(11)13-6-4(8)2-3-5(9)10-6/h2-3H,1H3,(H2,9,10). The van der Waals surface area contributed by atoms with Gasteiger partial charge in [0.15, 0.2) is 0 Å². The summed E-state index contributed by atoms with van der Waals surface area (Å²) in [5.41, 5.74) is 5.38. The highest BCUT2D eigenvalue weighted by molar-refractivity contribution is 9.10. The molecular formula is C7H7BrN2O3. The van der Waals surface area contributed by atoms with Gasteiger partial charge in [0.25, 0.3) is 0 Å². The van der Waals surface area contributed by atoms with Crippen molar-refractivity contribution in [2.45, 2.75) is 0 Å². The molecule has 1 aromatic rings. The van der Waals surface area contributed by atoms with Crippen molar-refractivity contribution in [3.05, 3.63) is 16.6 Å². The maximum absolute atomic E-state index is 10.7. The molecule has 1 rings (SSSR count). The van der Waals surface area contributed by atoms with Crippen LogP contribution in [-0.4, -0.2) is 18.2 Å². The number of carbonyl (C=O) groups excluding carboxylic acids is 1. The van der Waals surface area contributed by atoms with Crippen molar-refractivity contribution in [3.63, 3.8) is 0 Å². The third-order valence-corrected chi connectivity index (χ3v) is 1.79. The van der Waals surface area contributed by atoms with E-state index in [0.717, 1.165) is 0 Å². The van der Waals surface area contributed by atoms with Crippen LogP contribution < -0.4 is 10.5 Å². The summed E-state index contributed by atoms with van der Waals surface area (Å²) in [7, 11) is 1.21. The van der Waals surface area contributed by atoms with Crippen LogP contribution in [-0.2, 0) is 4.74 Å². The van der Waals surface area contributed by atoms with Crippen LogP contribution in [0.25, 0.3) is 0 Å². The van der Waals surface area contributed by atoms with E-state index in [-0.39, 0.29) is 11.7 Å². The normalized spacial score (nSPS) is 9.38. The number of anilines is 1. The fourth-order valence-electron chi connectivity index (χ4n) is 0.630. The van der Waals surface area contributed by atoms with Gasteiger partial charge in [-0.05, 0) is 28.1 Å². The molecule has 0 fully saturated rings. The molecule has 1 heterocycles. The van der Waals surface area contributed by atoms with Crippen LogP contribution in [0.1, 0.15) is 0 Å². The maximum atomic E-state index is 10.7. The van der Waals surface area contributed by atoms with Gasteiger partial charge in [-0.15, -0.1) is 0 Å². The minimum absolute atomic E-state index is 0.0897. The fourth-order valence-corrected chi connectivity index (χ4v) is 0.932. The highest BCUT2D eigenvalue weighted by Crippen LogP contribution is 2.23. The van der Waals surface area contributed by atoms with Gasteiger partial charge in [-0.2, -0.15) is 4.98 Å². The summed E-state index contributed by atoms with van der Waals surface area (Å²) in [6.45, 7) is 0. The number of rotatable bonds is 1. The topological polar surface area (TPSA) is 74.4 Å². The molecule has 0 bridgehead atoms. The van der Waals surface area contributed by atoms with E-state index >= 15 is 0 Å². The zero-order valence-electron chi connectivity index (χ0n) is 6.78. The third kappa shape index (κ3) is 2.59. The quantitative estimate of drug-likeness (QED) is 0.762. The molecule has 0 aliphatic rings. The molecule has 0 spiro atoms. The van der Waals surface area contributed by atoms with E-state index in [1.165, 1.54) is 7.11 Å². The van der Waals surface area contributed by atoms with Gasteiger partial charge in [0, 0.05) is 0 Å². The van der Waals surface area contributed by atoms with Crippen LogP contribution in [0.5, 0.6) is 5.88 Å². The first kappa shape index (κ1) is 9.79. The van der Waals surface area contributed by atoms with Crippen LogP contribution in [0.4, 0.5) is 10.6 Å². The van der Waals surface area contributed by atoms with Crippen LogP contribution in [0.3, 0.4) is 0 Å². The fraction of sp³-hybridized carbons (Fsp3) is 0.143. The second kappa shape index (κ2) is 4.08. The van der Waals surface area contributed by atoms with E-state index < -0.39 is 6.16 Å². The minimum Gasteiger partial charge on any atom is -0.437 e. The van der Waals surface area contributed by atoms with Gasteiger partial charge in [0.2, 0.25) is 5.88 Å². The summed E-state index contributed by atoms with van der Waals surface area (Å²) in [5.74, 6) is 0.356. The lowest BCUT2D eigenvalue weighted by atomic mass is 10.4. The lowest BCUT2D eigenvalue weighted by molar-refractivity contribution is 0.119. The molecule has 0 radical (unpaired) electrons. The highest BCUT2D eigenvalue weighted by atomic mass is 79.9. The van der Waals surface area contributed by atoms with Crippen molar-refractivity contribution in [2.24, 2.45) is 0 Å². The zero-order valence-corrected chi connectivity index (χ0v) is 8.37. The molecule has 2 N–H and O–H groups in total. The van der Waals surface area contributed by atoms with E-state index in [9.17, 15) is 4.79 Å². The zero-order chi connectivity index (χ0) is 9.84. The number of halogens is 1. The van der Waals surface area contributed by atoms with Crippen molar-refractivity contribution in [2.75, 3.05) is 12.8 Å². The molecule has 5 nitrogen and oxygen atoms in total. The van der Waals surface area contributed by atoms with Crippen molar-refractivity contribution in [3.8, 4) is 5.88 Å². The molecule has 0 atom stereocenters. The molecular weight excluding hydrogens is 240 g/mol. The predicted octanol–water partition coefficient (Wildman–Crippen LogP) is 1.57. The van der Waals surface area contributed by atoms with E-state index in [0.29, 0.717) is 4.47 Å². The van der Waals surface area contributed by atoms with Gasteiger partial charge in [0.05, 0.1) is 11.6 Å². The highest BCUT2D eigenvalue weighted by Gasteiger charge is 2.09. The Labute approximate surface area is 83.0 Å². The molecule has 6 heteroatoms. The molecule has 13 heavy (non-hydrogen) atoms.